The van der Waals surface area contributed by atoms with Crippen molar-refractivity contribution in [3.8, 4) is 0 Å². The number of hydrogen-bond donors (Lipinski definition) is 0. The topological polar surface area (TPSA) is 9.23 Å². The summed E-state index contributed by atoms with van der Waals surface area (Å²) in [5.74, 6) is -4.51. The van der Waals surface area contributed by atoms with E-state index in [-0.39, 0.29) is 12.8 Å². The van der Waals surface area contributed by atoms with E-state index in [0.29, 0.717) is 0 Å². The largest absolute Gasteiger partial charge is 0.425 e. The zero-order valence-corrected chi connectivity index (χ0v) is 7.82. The van der Waals surface area contributed by atoms with E-state index in [4.69, 9.17) is 0 Å². The van der Waals surface area contributed by atoms with Gasteiger partial charge in [0, 0.05) is 0 Å². The SMILES string of the molecule is CC1CCC(C(F)(F)C(F)C(F)(F)F)O1. The lowest BCUT2D eigenvalue weighted by atomic mass is 10.0. The maximum Gasteiger partial charge on any atom is 0.425 e. The highest BCUT2D eigenvalue weighted by Gasteiger charge is 2.61. The fourth-order valence-electron chi connectivity index (χ4n) is 1.47. The van der Waals surface area contributed by atoms with Gasteiger partial charge in [0.25, 0.3) is 6.17 Å². The predicted molar refractivity (Wildman–Crippen MR) is 39.5 cm³/mol. The quantitative estimate of drug-likeness (QED) is 0.669. The Hall–Kier alpha value is -0.460. The molecule has 1 saturated heterocycles. The third-order valence-electron chi connectivity index (χ3n) is 2.29. The van der Waals surface area contributed by atoms with Crippen LogP contribution in [-0.2, 0) is 4.74 Å². The van der Waals surface area contributed by atoms with Gasteiger partial charge in [-0.05, 0) is 19.8 Å². The Bertz CT molecular complexity index is 226. The van der Waals surface area contributed by atoms with E-state index in [1.54, 1.807) is 0 Å². The summed E-state index contributed by atoms with van der Waals surface area (Å²) >= 11 is 0. The van der Waals surface area contributed by atoms with Crippen molar-refractivity contribution in [3.05, 3.63) is 0 Å². The minimum absolute atomic E-state index is 0.213. The number of ether oxygens (including phenoxy) is 1. The van der Waals surface area contributed by atoms with E-state index in [1.807, 2.05) is 0 Å². The fraction of sp³-hybridized carbons (Fsp3) is 1.00. The molecule has 90 valence electrons. The lowest BCUT2D eigenvalue weighted by molar-refractivity contribution is -0.270. The average molecular weight is 236 g/mol. The zero-order chi connectivity index (χ0) is 11.9. The highest BCUT2D eigenvalue weighted by Crippen LogP contribution is 2.41. The van der Waals surface area contributed by atoms with Crippen molar-refractivity contribution in [3.63, 3.8) is 0 Å². The Balaban J connectivity index is 2.74. The van der Waals surface area contributed by atoms with E-state index in [9.17, 15) is 26.3 Å². The molecule has 0 spiro atoms. The predicted octanol–water partition coefficient (Wildman–Crippen LogP) is 3.09. The Morgan fingerprint density at radius 1 is 1.13 bits per heavy atom. The normalized spacial score (nSPS) is 30.6. The van der Waals surface area contributed by atoms with Gasteiger partial charge in [0.15, 0.2) is 0 Å². The summed E-state index contributed by atoms with van der Waals surface area (Å²) in [6.45, 7) is 1.46. The summed E-state index contributed by atoms with van der Waals surface area (Å²) in [5, 5.41) is 0. The van der Waals surface area contributed by atoms with Gasteiger partial charge in [0.2, 0.25) is 0 Å². The van der Waals surface area contributed by atoms with E-state index in [0.717, 1.165) is 0 Å². The Morgan fingerprint density at radius 3 is 2.00 bits per heavy atom. The van der Waals surface area contributed by atoms with Crippen molar-refractivity contribution in [1.82, 2.24) is 0 Å². The Kier molecular flexibility index (Phi) is 3.23. The second-order valence-corrected chi connectivity index (χ2v) is 3.59. The molecule has 7 heteroatoms. The molecule has 0 radical (unpaired) electrons. The van der Waals surface area contributed by atoms with Crippen LogP contribution in [-0.4, -0.2) is 30.5 Å². The molecular weight excluding hydrogens is 226 g/mol. The van der Waals surface area contributed by atoms with Gasteiger partial charge >= 0.3 is 12.1 Å². The minimum atomic E-state index is -5.56. The van der Waals surface area contributed by atoms with Crippen LogP contribution >= 0.6 is 0 Å². The zero-order valence-electron chi connectivity index (χ0n) is 7.82. The molecule has 15 heavy (non-hydrogen) atoms. The molecule has 0 aliphatic carbocycles. The van der Waals surface area contributed by atoms with Gasteiger partial charge in [-0.15, -0.1) is 0 Å². The third kappa shape index (κ3) is 2.56. The Labute approximate surface area is 82.4 Å². The number of halogens is 6. The van der Waals surface area contributed by atoms with Crippen LogP contribution in [0.2, 0.25) is 0 Å². The molecule has 0 saturated carbocycles. The van der Waals surface area contributed by atoms with Crippen LogP contribution in [0.1, 0.15) is 19.8 Å². The van der Waals surface area contributed by atoms with Crippen molar-refractivity contribution >= 4 is 0 Å². The number of alkyl halides is 6. The van der Waals surface area contributed by atoms with Gasteiger partial charge < -0.3 is 4.74 Å². The van der Waals surface area contributed by atoms with Crippen LogP contribution in [0.25, 0.3) is 0 Å². The molecule has 0 bridgehead atoms. The molecule has 3 atom stereocenters. The summed E-state index contributed by atoms with van der Waals surface area (Å²) in [6.07, 6.45) is -12.3. The average Bonchev–Trinajstić information content (AvgIpc) is 2.49. The van der Waals surface area contributed by atoms with Crippen molar-refractivity contribution < 1.29 is 31.1 Å². The van der Waals surface area contributed by atoms with Gasteiger partial charge in [-0.2, -0.15) is 13.2 Å². The van der Waals surface area contributed by atoms with Crippen LogP contribution < -0.4 is 0 Å². The molecule has 0 N–H and O–H groups in total. The molecule has 1 aliphatic rings. The first-order chi connectivity index (χ1) is 6.65. The van der Waals surface area contributed by atoms with Crippen molar-refractivity contribution in [2.24, 2.45) is 0 Å². The molecular formula is C8H10F6O. The van der Waals surface area contributed by atoms with Crippen LogP contribution in [0, 0.1) is 0 Å². The van der Waals surface area contributed by atoms with Crippen molar-refractivity contribution in [2.45, 2.75) is 50.2 Å². The van der Waals surface area contributed by atoms with Gasteiger partial charge in [0.1, 0.15) is 6.10 Å². The van der Waals surface area contributed by atoms with Crippen molar-refractivity contribution in [2.75, 3.05) is 0 Å². The Morgan fingerprint density at radius 2 is 1.67 bits per heavy atom. The smallest absolute Gasteiger partial charge is 0.369 e. The lowest BCUT2D eigenvalue weighted by Crippen LogP contribution is -2.49. The molecule has 3 unspecified atom stereocenters. The van der Waals surface area contributed by atoms with Gasteiger partial charge in [-0.25, -0.2) is 13.2 Å². The summed E-state index contributed by atoms with van der Waals surface area (Å²) in [4.78, 5) is 0. The molecule has 1 heterocycles. The van der Waals surface area contributed by atoms with Crippen LogP contribution in [0.3, 0.4) is 0 Å². The van der Waals surface area contributed by atoms with E-state index >= 15 is 0 Å². The second kappa shape index (κ2) is 3.84. The van der Waals surface area contributed by atoms with Crippen LogP contribution in [0.5, 0.6) is 0 Å². The lowest BCUT2D eigenvalue weighted by Gasteiger charge is -2.27. The van der Waals surface area contributed by atoms with E-state index in [1.165, 1.54) is 6.92 Å². The van der Waals surface area contributed by atoms with Crippen molar-refractivity contribution in [1.29, 1.82) is 0 Å². The van der Waals surface area contributed by atoms with E-state index in [2.05, 4.69) is 4.74 Å². The van der Waals surface area contributed by atoms with Gasteiger partial charge in [0.05, 0.1) is 6.10 Å². The molecule has 0 aromatic heterocycles. The molecule has 1 aliphatic heterocycles. The summed E-state index contributed by atoms with van der Waals surface area (Å²) in [5.41, 5.74) is 0. The fourth-order valence-corrected chi connectivity index (χ4v) is 1.47. The molecule has 1 rings (SSSR count). The minimum Gasteiger partial charge on any atom is -0.369 e. The molecule has 0 aromatic rings. The second-order valence-electron chi connectivity index (χ2n) is 3.59. The molecule has 1 nitrogen and oxygen atoms in total. The molecule has 0 amide bonds. The summed E-state index contributed by atoms with van der Waals surface area (Å²) in [7, 11) is 0. The first-order valence-electron chi connectivity index (χ1n) is 4.39. The van der Waals surface area contributed by atoms with E-state index < -0.39 is 30.5 Å². The molecule has 0 aromatic carbocycles. The van der Waals surface area contributed by atoms with Crippen LogP contribution in [0.4, 0.5) is 26.3 Å². The van der Waals surface area contributed by atoms with Gasteiger partial charge in [-0.1, -0.05) is 0 Å². The highest BCUT2D eigenvalue weighted by molar-refractivity contribution is 4.92. The summed E-state index contributed by atoms with van der Waals surface area (Å²) < 4.78 is 78.4. The standard InChI is InChI=1S/C8H10F6O/c1-4-2-3-5(15-4)7(10,11)6(9)8(12,13)14/h4-6H,2-3H2,1H3. The summed E-state index contributed by atoms with van der Waals surface area (Å²) in [6, 6.07) is 0. The first-order valence-corrected chi connectivity index (χ1v) is 4.39. The third-order valence-corrected chi connectivity index (χ3v) is 2.29. The highest BCUT2D eigenvalue weighted by atomic mass is 19.4. The van der Waals surface area contributed by atoms with Gasteiger partial charge in [-0.3, -0.25) is 0 Å². The first kappa shape index (κ1) is 12.6. The maximum absolute atomic E-state index is 13.0. The number of rotatable bonds is 2. The van der Waals surface area contributed by atoms with Crippen LogP contribution in [0.15, 0.2) is 0 Å². The number of hydrogen-bond acceptors (Lipinski definition) is 1. The molecule has 1 fully saturated rings. The maximum atomic E-state index is 13.0. The monoisotopic (exact) mass is 236 g/mol.